The Kier molecular flexibility index (Phi) is 4.48. The molecule has 0 fully saturated rings. The van der Waals surface area contributed by atoms with Crippen LogP contribution in [0.25, 0.3) is 0 Å². The van der Waals surface area contributed by atoms with E-state index in [4.69, 9.17) is 0 Å². The number of carboxylic acids is 1. The zero-order valence-electron chi connectivity index (χ0n) is 11.0. The highest BCUT2D eigenvalue weighted by Crippen LogP contribution is 2.28. The second kappa shape index (κ2) is 5.67. The first kappa shape index (κ1) is 14.2. The maximum Gasteiger partial charge on any atom is 0.314 e. The van der Waals surface area contributed by atoms with Crippen molar-refractivity contribution in [1.29, 1.82) is 0 Å². The van der Waals surface area contributed by atoms with Crippen LogP contribution in [0.4, 0.5) is 0 Å². The molecule has 0 saturated carbocycles. The largest absolute Gasteiger partial charge is 0.481 e. The molecule has 98 valence electrons. The van der Waals surface area contributed by atoms with Crippen molar-refractivity contribution in [2.45, 2.75) is 25.7 Å². The van der Waals surface area contributed by atoms with Gasteiger partial charge in [0.1, 0.15) is 0 Å². The molecule has 1 atom stereocenters. The predicted molar refractivity (Wildman–Crippen MR) is 69.4 cm³/mol. The normalized spacial score (nSPS) is 13.7. The number of hydrogen-bond acceptors (Lipinski definition) is 2. The van der Waals surface area contributed by atoms with Gasteiger partial charge in [-0.2, -0.15) is 0 Å². The maximum absolute atomic E-state index is 11.9. The Morgan fingerprint density at radius 1 is 1.28 bits per heavy atom. The second-order valence-electron chi connectivity index (χ2n) is 4.59. The topological polar surface area (TPSA) is 57.6 Å². The van der Waals surface area contributed by atoms with Gasteiger partial charge in [-0.15, -0.1) is 0 Å². The van der Waals surface area contributed by atoms with Crippen molar-refractivity contribution in [3.8, 4) is 0 Å². The Balaban J connectivity index is 3.03. The van der Waals surface area contributed by atoms with Gasteiger partial charge in [-0.3, -0.25) is 9.59 Å². The van der Waals surface area contributed by atoms with Crippen LogP contribution in [0.2, 0.25) is 0 Å². The van der Waals surface area contributed by atoms with Crippen molar-refractivity contribution in [3.63, 3.8) is 0 Å². The van der Waals surface area contributed by atoms with Gasteiger partial charge in [0.25, 0.3) is 0 Å². The molecule has 4 nitrogen and oxygen atoms in total. The Hall–Kier alpha value is -1.84. The summed E-state index contributed by atoms with van der Waals surface area (Å²) in [6.07, 6.45) is -0.0311. The summed E-state index contributed by atoms with van der Waals surface area (Å²) in [6, 6.07) is 8.88. The van der Waals surface area contributed by atoms with Crippen LogP contribution in [0.1, 0.15) is 25.8 Å². The van der Waals surface area contributed by atoms with E-state index in [1.807, 2.05) is 13.0 Å². The number of amides is 1. The van der Waals surface area contributed by atoms with Gasteiger partial charge in [0.2, 0.25) is 5.91 Å². The van der Waals surface area contributed by atoms with E-state index in [1.54, 1.807) is 38.2 Å². The molecular weight excluding hydrogens is 230 g/mol. The third kappa shape index (κ3) is 2.88. The fourth-order valence-corrected chi connectivity index (χ4v) is 1.72. The first-order chi connectivity index (χ1) is 8.41. The van der Waals surface area contributed by atoms with E-state index in [0.29, 0.717) is 12.1 Å². The summed E-state index contributed by atoms with van der Waals surface area (Å²) in [4.78, 5) is 25.0. The molecule has 1 amide bonds. The molecule has 0 aromatic heterocycles. The van der Waals surface area contributed by atoms with Crippen molar-refractivity contribution in [2.75, 3.05) is 13.6 Å². The van der Waals surface area contributed by atoms with Crippen LogP contribution in [0.5, 0.6) is 0 Å². The highest BCUT2D eigenvalue weighted by molar-refractivity contribution is 5.89. The van der Waals surface area contributed by atoms with Gasteiger partial charge < -0.3 is 10.0 Å². The zero-order chi connectivity index (χ0) is 13.8. The van der Waals surface area contributed by atoms with Crippen LogP contribution in [0.15, 0.2) is 30.3 Å². The number of aliphatic carboxylic acids is 1. The molecular formula is C14H19NO3. The van der Waals surface area contributed by atoms with Crippen molar-refractivity contribution < 1.29 is 14.7 Å². The molecule has 1 N–H and O–H groups in total. The number of benzene rings is 1. The van der Waals surface area contributed by atoms with Gasteiger partial charge in [0, 0.05) is 20.0 Å². The molecule has 0 aliphatic heterocycles. The lowest BCUT2D eigenvalue weighted by Crippen LogP contribution is -2.39. The minimum atomic E-state index is -1.18. The fraction of sp³-hybridized carbons (Fsp3) is 0.429. The molecule has 0 aliphatic carbocycles. The lowest BCUT2D eigenvalue weighted by atomic mass is 9.79. The van der Waals surface area contributed by atoms with Crippen LogP contribution < -0.4 is 0 Å². The van der Waals surface area contributed by atoms with Gasteiger partial charge in [0.05, 0.1) is 5.41 Å². The van der Waals surface area contributed by atoms with Crippen LogP contribution in [-0.2, 0) is 15.0 Å². The summed E-state index contributed by atoms with van der Waals surface area (Å²) in [7, 11) is 1.68. The van der Waals surface area contributed by atoms with E-state index >= 15 is 0 Å². The summed E-state index contributed by atoms with van der Waals surface area (Å²) in [5.74, 6) is -1.14. The summed E-state index contributed by atoms with van der Waals surface area (Å²) >= 11 is 0. The van der Waals surface area contributed by atoms with E-state index in [2.05, 4.69) is 0 Å². The van der Waals surface area contributed by atoms with E-state index < -0.39 is 11.4 Å². The van der Waals surface area contributed by atoms with Gasteiger partial charge >= 0.3 is 5.97 Å². The van der Waals surface area contributed by atoms with Gasteiger partial charge in [-0.05, 0) is 19.4 Å². The minimum absolute atomic E-state index is 0.0311. The number of rotatable bonds is 5. The van der Waals surface area contributed by atoms with Crippen molar-refractivity contribution in [1.82, 2.24) is 4.90 Å². The number of nitrogens with zero attached hydrogens (tertiary/aromatic N) is 1. The van der Waals surface area contributed by atoms with Crippen molar-refractivity contribution >= 4 is 11.9 Å². The Morgan fingerprint density at radius 2 is 1.83 bits per heavy atom. The Labute approximate surface area is 107 Å². The van der Waals surface area contributed by atoms with Crippen LogP contribution in [-0.4, -0.2) is 35.5 Å². The third-order valence-corrected chi connectivity index (χ3v) is 3.29. The van der Waals surface area contributed by atoms with E-state index in [0.717, 1.165) is 0 Å². The molecule has 1 unspecified atom stereocenters. The molecule has 0 aliphatic rings. The molecule has 18 heavy (non-hydrogen) atoms. The number of carboxylic acid groups (broad SMARTS) is 1. The predicted octanol–water partition coefficient (Wildman–Crippen LogP) is 1.90. The maximum atomic E-state index is 11.9. The molecule has 0 saturated heterocycles. The van der Waals surface area contributed by atoms with Crippen LogP contribution in [0, 0.1) is 0 Å². The fourth-order valence-electron chi connectivity index (χ4n) is 1.72. The smallest absolute Gasteiger partial charge is 0.314 e. The monoisotopic (exact) mass is 249 g/mol. The third-order valence-electron chi connectivity index (χ3n) is 3.29. The molecule has 0 heterocycles. The lowest BCUT2D eigenvalue weighted by Gasteiger charge is -2.27. The molecule has 4 heteroatoms. The Bertz CT molecular complexity index is 430. The van der Waals surface area contributed by atoms with Gasteiger partial charge in [-0.1, -0.05) is 30.3 Å². The molecule has 0 radical (unpaired) electrons. The highest BCUT2D eigenvalue weighted by Gasteiger charge is 2.38. The zero-order valence-corrected chi connectivity index (χ0v) is 11.0. The summed E-state index contributed by atoms with van der Waals surface area (Å²) in [5.41, 5.74) is -0.530. The molecule has 0 bridgehead atoms. The lowest BCUT2D eigenvalue weighted by molar-refractivity contribution is -0.147. The quantitative estimate of drug-likeness (QED) is 0.867. The van der Waals surface area contributed by atoms with Crippen LogP contribution in [0.3, 0.4) is 0 Å². The SMILES string of the molecule is CCN(C)C(=O)CC(C)(C(=O)O)c1ccccc1. The number of hydrogen-bond donors (Lipinski definition) is 1. The summed E-state index contributed by atoms with van der Waals surface area (Å²) in [6.45, 7) is 4.02. The highest BCUT2D eigenvalue weighted by atomic mass is 16.4. The molecule has 0 spiro atoms. The Morgan fingerprint density at radius 3 is 2.28 bits per heavy atom. The first-order valence-corrected chi connectivity index (χ1v) is 5.94. The standard InChI is InChI=1S/C14H19NO3/c1-4-15(3)12(16)10-14(2,13(17)18)11-8-6-5-7-9-11/h5-9H,4,10H2,1-3H3,(H,17,18). The molecule has 1 aromatic rings. The minimum Gasteiger partial charge on any atom is -0.481 e. The summed E-state index contributed by atoms with van der Waals surface area (Å²) in [5, 5.41) is 9.42. The van der Waals surface area contributed by atoms with Gasteiger partial charge in [-0.25, -0.2) is 0 Å². The molecule has 1 rings (SSSR count). The van der Waals surface area contributed by atoms with E-state index in [-0.39, 0.29) is 12.3 Å². The van der Waals surface area contributed by atoms with Crippen LogP contribution >= 0.6 is 0 Å². The summed E-state index contributed by atoms with van der Waals surface area (Å²) < 4.78 is 0. The van der Waals surface area contributed by atoms with Crippen molar-refractivity contribution in [3.05, 3.63) is 35.9 Å². The average molecular weight is 249 g/mol. The number of carbonyl (C=O) groups is 2. The second-order valence-corrected chi connectivity index (χ2v) is 4.59. The average Bonchev–Trinajstić information content (AvgIpc) is 2.38. The van der Waals surface area contributed by atoms with E-state index in [9.17, 15) is 14.7 Å². The molecule has 1 aromatic carbocycles. The van der Waals surface area contributed by atoms with Gasteiger partial charge in [0.15, 0.2) is 0 Å². The first-order valence-electron chi connectivity index (χ1n) is 5.94. The van der Waals surface area contributed by atoms with Crippen molar-refractivity contribution in [2.24, 2.45) is 0 Å². The number of carbonyl (C=O) groups excluding carboxylic acids is 1. The van der Waals surface area contributed by atoms with E-state index in [1.165, 1.54) is 4.90 Å².